The number of methoxy groups -OCH3 is 1. The van der Waals surface area contributed by atoms with Crippen molar-refractivity contribution in [1.29, 1.82) is 0 Å². The third kappa shape index (κ3) is 5.86. The molecular formula is C19H21FN2O4. The van der Waals surface area contributed by atoms with Gasteiger partial charge < -0.3 is 20.1 Å². The summed E-state index contributed by atoms with van der Waals surface area (Å²) in [5.41, 5.74) is 0.832. The van der Waals surface area contributed by atoms with Crippen LogP contribution in [0, 0.1) is 5.82 Å². The number of halogens is 1. The first-order valence-corrected chi connectivity index (χ1v) is 8.04. The minimum absolute atomic E-state index is 0.0842. The Morgan fingerprint density at radius 1 is 1.12 bits per heavy atom. The number of amides is 2. The maximum Gasteiger partial charge on any atom is 0.245 e. The molecule has 1 unspecified atom stereocenters. The van der Waals surface area contributed by atoms with Crippen LogP contribution in [0.5, 0.6) is 11.5 Å². The third-order valence-electron chi connectivity index (χ3n) is 3.48. The number of benzene rings is 2. The van der Waals surface area contributed by atoms with Crippen molar-refractivity contribution in [3.05, 3.63) is 59.9 Å². The van der Waals surface area contributed by atoms with Crippen LogP contribution in [0.25, 0.3) is 0 Å². The molecule has 0 aromatic heterocycles. The second-order valence-electron chi connectivity index (χ2n) is 5.60. The summed E-state index contributed by atoms with van der Waals surface area (Å²) in [6, 6.07) is 12.3. The molecule has 0 saturated carbocycles. The van der Waals surface area contributed by atoms with Crippen molar-refractivity contribution < 1.29 is 23.5 Å². The SMILES string of the molecule is COCC(NC(C)=O)C(=O)NCc1ccc(Oc2ccccc2F)cc1. The van der Waals surface area contributed by atoms with E-state index in [0.29, 0.717) is 5.75 Å². The van der Waals surface area contributed by atoms with Gasteiger partial charge in [0, 0.05) is 20.6 Å². The quantitative estimate of drug-likeness (QED) is 0.758. The Balaban J connectivity index is 1.91. The predicted octanol–water partition coefficient (Wildman–Crippen LogP) is 2.39. The van der Waals surface area contributed by atoms with Crippen molar-refractivity contribution in [2.24, 2.45) is 0 Å². The maximum atomic E-state index is 13.6. The smallest absolute Gasteiger partial charge is 0.245 e. The molecule has 0 heterocycles. The molecule has 0 aliphatic heterocycles. The molecule has 2 N–H and O–H groups in total. The van der Waals surface area contributed by atoms with E-state index in [1.54, 1.807) is 42.5 Å². The van der Waals surface area contributed by atoms with Crippen molar-refractivity contribution in [3.8, 4) is 11.5 Å². The van der Waals surface area contributed by atoms with Crippen molar-refractivity contribution in [1.82, 2.24) is 10.6 Å². The summed E-state index contributed by atoms with van der Waals surface area (Å²) in [7, 11) is 1.45. The highest BCUT2D eigenvalue weighted by Crippen LogP contribution is 2.24. The summed E-state index contributed by atoms with van der Waals surface area (Å²) in [6.07, 6.45) is 0. The molecule has 0 aliphatic carbocycles. The molecule has 0 radical (unpaired) electrons. The van der Waals surface area contributed by atoms with Gasteiger partial charge in [-0.1, -0.05) is 24.3 Å². The van der Waals surface area contributed by atoms with Gasteiger partial charge in [-0.25, -0.2) is 4.39 Å². The van der Waals surface area contributed by atoms with Crippen LogP contribution in [0.15, 0.2) is 48.5 Å². The van der Waals surface area contributed by atoms with Gasteiger partial charge in [0.15, 0.2) is 11.6 Å². The molecule has 0 spiro atoms. The lowest BCUT2D eigenvalue weighted by Gasteiger charge is -2.16. The largest absolute Gasteiger partial charge is 0.454 e. The minimum Gasteiger partial charge on any atom is -0.454 e. The van der Waals surface area contributed by atoms with Gasteiger partial charge in [-0.3, -0.25) is 9.59 Å². The lowest BCUT2D eigenvalue weighted by Crippen LogP contribution is -2.48. The molecule has 0 saturated heterocycles. The number of rotatable bonds is 8. The topological polar surface area (TPSA) is 76.7 Å². The van der Waals surface area contributed by atoms with E-state index in [2.05, 4.69) is 10.6 Å². The van der Waals surface area contributed by atoms with E-state index >= 15 is 0 Å². The number of hydrogen-bond acceptors (Lipinski definition) is 4. The summed E-state index contributed by atoms with van der Waals surface area (Å²) < 4.78 is 24.0. The molecule has 0 aliphatic rings. The second-order valence-corrected chi connectivity index (χ2v) is 5.60. The normalized spacial score (nSPS) is 11.5. The predicted molar refractivity (Wildman–Crippen MR) is 94.2 cm³/mol. The average molecular weight is 360 g/mol. The highest BCUT2D eigenvalue weighted by Gasteiger charge is 2.18. The number of carbonyl (C=O) groups is 2. The summed E-state index contributed by atoms with van der Waals surface area (Å²) in [4.78, 5) is 23.2. The second kappa shape index (κ2) is 9.53. The Labute approximate surface area is 151 Å². The van der Waals surface area contributed by atoms with E-state index < -0.39 is 11.9 Å². The van der Waals surface area contributed by atoms with E-state index in [1.807, 2.05) is 0 Å². The number of para-hydroxylation sites is 1. The highest BCUT2D eigenvalue weighted by molar-refractivity contribution is 5.86. The number of carbonyl (C=O) groups excluding carboxylic acids is 2. The number of nitrogens with one attached hydrogen (secondary N) is 2. The summed E-state index contributed by atoms with van der Waals surface area (Å²) >= 11 is 0. The van der Waals surface area contributed by atoms with Crippen LogP contribution in [0.1, 0.15) is 12.5 Å². The van der Waals surface area contributed by atoms with Gasteiger partial charge in [-0.05, 0) is 29.8 Å². The van der Waals surface area contributed by atoms with E-state index in [4.69, 9.17) is 9.47 Å². The van der Waals surface area contributed by atoms with Crippen molar-refractivity contribution in [3.63, 3.8) is 0 Å². The highest BCUT2D eigenvalue weighted by atomic mass is 19.1. The molecule has 26 heavy (non-hydrogen) atoms. The lowest BCUT2D eigenvalue weighted by molar-refractivity contribution is -0.129. The minimum atomic E-state index is -0.749. The van der Waals surface area contributed by atoms with E-state index in [0.717, 1.165) is 5.56 Å². The molecule has 7 heteroatoms. The van der Waals surface area contributed by atoms with E-state index in [9.17, 15) is 14.0 Å². The Kier molecular flexibility index (Phi) is 7.11. The van der Waals surface area contributed by atoms with Gasteiger partial charge in [0.05, 0.1) is 6.61 Å². The Bertz CT molecular complexity index is 749. The zero-order valence-corrected chi connectivity index (χ0v) is 14.6. The molecule has 0 fully saturated rings. The maximum absolute atomic E-state index is 13.6. The van der Waals surface area contributed by atoms with Gasteiger partial charge in [0.25, 0.3) is 0 Å². The lowest BCUT2D eigenvalue weighted by atomic mass is 10.2. The van der Waals surface area contributed by atoms with Gasteiger partial charge >= 0.3 is 0 Å². The molecule has 2 aromatic rings. The van der Waals surface area contributed by atoms with Gasteiger partial charge in [0.1, 0.15) is 11.8 Å². The van der Waals surface area contributed by atoms with Crippen molar-refractivity contribution in [2.45, 2.75) is 19.5 Å². The van der Waals surface area contributed by atoms with E-state index in [1.165, 1.54) is 20.1 Å². The number of hydrogen-bond donors (Lipinski definition) is 2. The fraction of sp³-hybridized carbons (Fsp3) is 0.263. The van der Waals surface area contributed by atoms with Crippen LogP contribution < -0.4 is 15.4 Å². The van der Waals surface area contributed by atoms with Crippen LogP contribution >= 0.6 is 0 Å². The summed E-state index contributed by atoms with van der Waals surface area (Å²) in [5.74, 6) is -0.455. The zero-order valence-electron chi connectivity index (χ0n) is 14.6. The van der Waals surface area contributed by atoms with Crippen LogP contribution in [-0.4, -0.2) is 31.6 Å². The van der Waals surface area contributed by atoms with Gasteiger partial charge in [0.2, 0.25) is 11.8 Å². The first-order valence-electron chi connectivity index (χ1n) is 8.04. The Morgan fingerprint density at radius 2 is 1.81 bits per heavy atom. The Hall–Kier alpha value is -2.93. The summed E-state index contributed by atoms with van der Waals surface area (Å²) in [6.45, 7) is 1.70. The molecule has 2 amide bonds. The molecule has 1 atom stereocenters. The fourth-order valence-electron chi connectivity index (χ4n) is 2.24. The van der Waals surface area contributed by atoms with Crippen LogP contribution in [-0.2, 0) is 20.9 Å². The number of ether oxygens (including phenoxy) is 2. The van der Waals surface area contributed by atoms with Crippen molar-refractivity contribution >= 4 is 11.8 Å². The van der Waals surface area contributed by atoms with Gasteiger partial charge in [-0.15, -0.1) is 0 Å². The van der Waals surface area contributed by atoms with Crippen LogP contribution in [0.3, 0.4) is 0 Å². The molecule has 2 rings (SSSR count). The standard InChI is InChI=1S/C19H21FN2O4/c1-13(23)22-17(12-25-2)19(24)21-11-14-7-9-15(10-8-14)26-18-6-4-3-5-16(18)20/h3-10,17H,11-12H2,1-2H3,(H,21,24)(H,22,23). The molecular weight excluding hydrogens is 339 g/mol. The van der Waals surface area contributed by atoms with Crippen LogP contribution in [0.2, 0.25) is 0 Å². The molecule has 2 aromatic carbocycles. The molecule has 138 valence electrons. The zero-order chi connectivity index (χ0) is 18.9. The Morgan fingerprint density at radius 3 is 2.42 bits per heavy atom. The third-order valence-corrected chi connectivity index (χ3v) is 3.48. The van der Waals surface area contributed by atoms with Crippen LogP contribution in [0.4, 0.5) is 4.39 Å². The summed E-state index contributed by atoms with van der Waals surface area (Å²) in [5, 5.41) is 5.26. The fourth-order valence-corrected chi connectivity index (χ4v) is 2.24. The molecule has 0 bridgehead atoms. The first kappa shape index (κ1) is 19.4. The van der Waals surface area contributed by atoms with Gasteiger partial charge in [-0.2, -0.15) is 0 Å². The average Bonchev–Trinajstić information content (AvgIpc) is 2.62. The molecule has 6 nitrogen and oxygen atoms in total. The van der Waals surface area contributed by atoms with E-state index in [-0.39, 0.29) is 30.7 Å². The van der Waals surface area contributed by atoms with Crippen molar-refractivity contribution in [2.75, 3.05) is 13.7 Å². The monoisotopic (exact) mass is 360 g/mol. The first-order chi connectivity index (χ1) is 12.5.